The molecule has 0 unspecified atom stereocenters. The molecule has 0 amide bonds. The predicted octanol–water partition coefficient (Wildman–Crippen LogP) is 3.73. The Morgan fingerprint density at radius 3 is 1.20 bits per heavy atom. The maximum absolute atomic E-state index is 3.96. The SMILES string of the molecule is C(=Cc1ccncc1)c1ccncc1.c1ccncc1. The molecule has 0 spiro atoms. The van der Waals surface area contributed by atoms with E-state index >= 15 is 0 Å². The summed E-state index contributed by atoms with van der Waals surface area (Å²) in [5.41, 5.74) is 2.30. The summed E-state index contributed by atoms with van der Waals surface area (Å²) in [6, 6.07) is 13.6. The van der Waals surface area contributed by atoms with Gasteiger partial charge in [-0.1, -0.05) is 18.2 Å². The van der Waals surface area contributed by atoms with Crippen molar-refractivity contribution in [3.8, 4) is 0 Å². The predicted molar refractivity (Wildman–Crippen MR) is 81.6 cm³/mol. The fourth-order valence-electron chi connectivity index (χ4n) is 1.45. The Morgan fingerprint density at radius 1 is 0.500 bits per heavy atom. The van der Waals surface area contributed by atoms with Crippen LogP contribution in [0, 0.1) is 0 Å². The van der Waals surface area contributed by atoms with E-state index in [0.717, 1.165) is 11.1 Å². The van der Waals surface area contributed by atoms with E-state index in [9.17, 15) is 0 Å². The van der Waals surface area contributed by atoms with Crippen molar-refractivity contribution in [3.05, 3.63) is 90.8 Å². The van der Waals surface area contributed by atoms with Gasteiger partial charge >= 0.3 is 0 Å². The molecule has 0 atom stereocenters. The van der Waals surface area contributed by atoms with Crippen LogP contribution in [-0.4, -0.2) is 15.0 Å². The average molecular weight is 261 g/mol. The van der Waals surface area contributed by atoms with Crippen molar-refractivity contribution in [1.82, 2.24) is 15.0 Å². The molecule has 0 radical (unpaired) electrons. The average Bonchev–Trinajstić information content (AvgIpc) is 2.57. The molecule has 3 rings (SSSR count). The van der Waals surface area contributed by atoms with Crippen molar-refractivity contribution in [3.63, 3.8) is 0 Å². The highest BCUT2D eigenvalue weighted by Gasteiger charge is 1.85. The molecule has 0 aliphatic rings. The highest BCUT2D eigenvalue weighted by Crippen LogP contribution is 2.05. The summed E-state index contributed by atoms with van der Waals surface area (Å²) < 4.78 is 0. The van der Waals surface area contributed by atoms with Crippen LogP contribution in [0.3, 0.4) is 0 Å². The van der Waals surface area contributed by atoms with Crippen LogP contribution in [0.1, 0.15) is 11.1 Å². The van der Waals surface area contributed by atoms with Crippen LogP contribution >= 0.6 is 0 Å². The molecule has 0 saturated heterocycles. The summed E-state index contributed by atoms with van der Waals surface area (Å²) in [6.07, 6.45) is 14.7. The van der Waals surface area contributed by atoms with Gasteiger partial charge in [-0.2, -0.15) is 0 Å². The first-order valence-corrected chi connectivity index (χ1v) is 6.28. The molecule has 3 aromatic rings. The minimum absolute atomic E-state index is 1.15. The van der Waals surface area contributed by atoms with E-state index in [1.165, 1.54) is 0 Å². The second-order valence-electron chi connectivity index (χ2n) is 3.92. The molecule has 3 nitrogen and oxygen atoms in total. The van der Waals surface area contributed by atoms with Crippen LogP contribution in [0.5, 0.6) is 0 Å². The Bertz CT molecular complexity index is 539. The fraction of sp³-hybridized carbons (Fsp3) is 0. The molecule has 0 aliphatic carbocycles. The largest absolute Gasteiger partial charge is 0.265 e. The normalized spacial score (nSPS) is 9.80. The number of nitrogens with zero attached hydrogens (tertiary/aromatic N) is 3. The van der Waals surface area contributed by atoms with Gasteiger partial charge < -0.3 is 0 Å². The highest BCUT2D eigenvalue weighted by atomic mass is 14.6. The van der Waals surface area contributed by atoms with Crippen molar-refractivity contribution in [1.29, 1.82) is 0 Å². The van der Waals surface area contributed by atoms with Crippen LogP contribution in [0.2, 0.25) is 0 Å². The van der Waals surface area contributed by atoms with E-state index in [0.29, 0.717) is 0 Å². The molecule has 3 heteroatoms. The molecular weight excluding hydrogens is 246 g/mol. The number of aromatic nitrogens is 3. The number of pyridine rings is 3. The molecule has 3 aromatic heterocycles. The Balaban J connectivity index is 0.000000205. The van der Waals surface area contributed by atoms with E-state index in [4.69, 9.17) is 0 Å². The maximum Gasteiger partial charge on any atom is 0.0273 e. The van der Waals surface area contributed by atoms with Crippen molar-refractivity contribution in [2.75, 3.05) is 0 Å². The topological polar surface area (TPSA) is 38.7 Å². The van der Waals surface area contributed by atoms with Gasteiger partial charge in [0.2, 0.25) is 0 Å². The smallest absolute Gasteiger partial charge is 0.0273 e. The molecule has 0 saturated carbocycles. The second-order valence-corrected chi connectivity index (χ2v) is 3.92. The molecule has 0 aromatic carbocycles. The Hall–Kier alpha value is -2.81. The van der Waals surface area contributed by atoms with Crippen LogP contribution in [0.4, 0.5) is 0 Å². The van der Waals surface area contributed by atoms with Crippen LogP contribution in [0.15, 0.2) is 79.6 Å². The van der Waals surface area contributed by atoms with Gasteiger partial charge in [0.05, 0.1) is 0 Å². The lowest BCUT2D eigenvalue weighted by molar-refractivity contribution is 1.32. The van der Waals surface area contributed by atoms with Gasteiger partial charge in [0.15, 0.2) is 0 Å². The summed E-state index contributed by atoms with van der Waals surface area (Å²) in [7, 11) is 0. The van der Waals surface area contributed by atoms with E-state index in [-0.39, 0.29) is 0 Å². The lowest BCUT2D eigenvalue weighted by Gasteiger charge is -1.92. The molecule has 0 N–H and O–H groups in total. The van der Waals surface area contributed by atoms with Gasteiger partial charge in [-0.15, -0.1) is 0 Å². The first-order valence-electron chi connectivity index (χ1n) is 6.28. The third-order valence-corrected chi connectivity index (χ3v) is 2.45. The summed E-state index contributed by atoms with van der Waals surface area (Å²) in [5, 5.41) is 0. The van der Waals surface area contributed by atoms with Gasteiger partial charge in [-0.05, 0) is 47.5 Å². The molecule has 3 heterocycles. The highest BCUT2D eigenvalue weighted by molar-refractivity contribution is 5.68. The van der Waals surface area contributed by atoms with Crippen molar-refractivity contribution in [2.45, 2.75) is 0 Å². The molecule has 20 heavy (non-hydrogen) atoms. The molecule has 98 valence electrons. The van der Waals surface area contributed by atoms with Crippen LogP contribution in [-0.2, 0) is 0 Å². The van der Waals surface area contributed by atoms with E-state index in [2.05, 4.69) is 27.1 Å². The lowest BCUT2D eigenvalue weighted by Crippen LogP contribution is -1.74. The van der Waals surface area contributed by atoms with Crippen LogP contribution < -0.4 is 0 Å². The number of hydrogen-bond donors (Lipinski definition) is 0. The van der Waals surface area contributed by atoms with E-state index < -0.39 is 0 Å². The second kappa shape index (κ2) is 8.32. The standard InChI is InChI=1S/C12H10N2.C5H5N/c1(11-3-7-13-8-4-11)2-12-5-9-14-10-6-12;1-2-4-6-5-3-1/h1-10H;1-5H. The zero-order chi connectivity index (χ0) is 13.9. The minimum Gasteiger partial charge on any atom is -0.265 e. The number of hydrogen-bond acceptors (Lipinski definition) is 3. The zero-order valence-corrected chi connectivity index (χ0v) is 11.0. The quantitative estimate of drug-likeness (QED) is 0.705. The summed E-state index contributed by atoms with van der Waals surface area (Å²) in [5.74, 6) is 0. The van der Waals surface area contributed by atoms with Crippen LogP contribution in [0.25, 0.3) is 12.2 Å². The first-order chi connectivity index (χ1) is 9.95. The first kappa shape index (κ1) is 13.6. The Morgan fingerprint density at radius 2 is 0.900 bits per heavy atom. The summed E-state index contributed by atoms with van der Waals surface area (Å²) >= 11 is 0. The zero-order valence-electron chi connectivity index (χ0n) is 11.0. The molecule has 0 aliphatic heterocycles. The molecular formula is C17H15N3. The molecule has 0 fully saturated rings. The van der Waals surface area contributed by atoms with Gasteiger partial charge in [0.1, 0.15) is 0 Å². The Kier molecular flexibility index (Phi) is 5.66. The lowest BCUT2D eigenvalue weighted by atomic mass is 10.2. The summed E-state index contributed by atoms with van der Waals surface area (Å²) in [6.45, 7) is 0. The van der Waals surface area contributed by atoms with Gasteiger partial charge in [-0.3, -0.25) is 15.0 Å². The van der Waals surface area contributed by atoms with Crippen molar-refractivity contribution >= 4 is 12.2 Å². The van der Waals surface area contributed by atoms with E-state index in [1.807, 2.05) is 42.5 Å². The van der Waals surface area contributed by atoms with Crippen molar-refractivity contribution < 1.29 is 0 Å². The van der Waals surface area contributed by atoms with E-state index in [1.54, 1.807) is 37.2 Å². The fourth-order valence-corrected chi connectivity index (χ4v) is 1.45. The Labute approximate surface area is 118 Å². The van der Waals surface area contributed by atoms with Gasteiger partial charge in [0.25, 0.3) is 0 Å². The van der Waals surface area contributed by atoms with Gasteiger partial charge in [0, 0.05) is 37.2 Å². The minimum atomic E-state index is 1.15. The monoisotopic (exact) mass is 261 g/mol. The van der Waals surface area contributed by atoms with Gasteiger partial charge in [-0.25, -0.2) is 0 Å². The third kappa shape index (κ3) is 5.23. The number of rotatable bonds is 2. The maximum atomic E-state index is 3.96. The summed E-state index contributed by atoms with van der Waals surface area (Å²) in [4.78, 5) is 11.7. The third-order valence-electron chi connectivity index (χ3n) is 2.45. The molecule has 0 bridgehead atoms. The van der Waals surface area contributed by atoms with Crippen molar-refractivity contribution in [2.24, 2.45) is 0 Å².